The van der Waals surface area contributed by atoms with Gasteiger partial charge in [0.2, 0.25) is 5.91 Å². The Morgan fingerprint density at radius 1 is 0.774 bits per heavy atom. The molecule has 0 aliphatic carbocycles. The van der Waals surface area contributed by atoms with Crippen LogP contribution in [-0.4, -0.2) is 57.6 Å². The number of carbonyl (C=O) groups excluding carboxylic acids is 2. The number of hydrogen-bond acceptors (Lipinski definition) is 4. The lowest BCUT2D eigenvalue weighted by Crippen LogP contribution is -2.40. The second kappa shape index (κ2) is 9.38. The van der Waals surface area contributed by atoms with Gasteiger partial charge in [-0.1, -0.05) is 48.5 Å². The first kappa shape index (κ1) is 20.5. The molecule has 0 saturated carbocycles. The number of benzene rings is 2. The number of aromatic nitrogens is 2. The van der Waals surface area contributed by atoms with E-state index >= 15 is 0 Å². The van der Waals surface area contributed by atoms with Gasteiger partial charge in [-0.2, -0.15) is 5.10 Å². The maximum absolute atomic E-state index is 12.9. The minimum Gasteiger partial charge on any atom is -0.339 e. The maximum Gasteiger partial charge on any atom is 0.267 e. The van der Waals surface area contributed by atoms with Crippen LogP contribution in [0.3, 0.4) is 0 Å². The van der Waals surface area contributed by atoms with Gasteiger partial charge in [-0.15, -0.1) is 0 Å². The Balaban J connectivity index is 1.42. The van der Waals surface area contributed by atoms with Crippen molar-refractivity contribution in [3.8, 4) is 11.3 Å². The zero-order valence-electron chi connectivity index (χ0n) is 17.2. The van der Waals surface area contributed by atoms with Crippen LogP contribution in [0.1, 0.15) is 16.8 Å². The smallest absolute Gasteiger partial charge is 0.267 e. The van der Waals surface area contributed by atoms with Gasteiger partial charge in [0.25, 0.3) is 11.5 Å². The van der Waals surface area contributed by atoms with Crippen molar-refractivity contribution in [1.82, 2.24) is 19.6 Å². The minimum atomic E-state index is -0.316. The average molecular weight is 416 g/mol. The molecule has 1 aliphatic rings. The van der Waals surface area contributed by atoms with Gasteiger partial charge in [0.1, 0.15) is 6.54 Å². The van der Waals surface area contributed by atoms with Crippen LogP contribution in [0.4, 0.5) is 0 Å². The summed E-state index contributed by atoms with van der Waals surface area (Å²) in [7, 11) is 0. The van der Waals surface area contributed by atoms with Crippen molar-refractivity contribution >= 4 is 11.8 Å². The highest BCUT2D eigenvalue weighted by atomic mass is 16.2. The van der Waals surface area contributed by atoms with E-state index in [1.807, 2.05) is 48.5 Å². The van der Waals surface area contributed by atoms with Crippen molar-refractivity contribution in [3.63, 3.8) is 0 Å². The molecule has 3 aromatic rings. The van der Waals surface area contributed by atoms with Gasteiger partial charge in [0.05, 0.1) is 5.69 Å². The summed E-state index contributed by atoms with van der Waals surface area (Å²) in [5, 5.41) is 4.38. The highest BCUT2D eigenvalue weighted by Crippen LogP contribution is 2.14. The van der Waals surface area contributed by atoms with E-state index in [0.717, 1.165) is 5.56 Å². The molecular weight excluding hydrogens is 392 g/mol. The van der Waals surface area contributed by atoms with E-state index in [0.29, 0.717) is 43.9 Å². The largest absolute Gasteiger partial charge is 0.339 e. The standard InChI is InChI=1S/C24H24N4O3/c29-22-13-12-21(19-8-3-1-4-9-19)25-28(22)18-23(30)26-14-7-15-27(17-16-26)24(31)20-10-5-2-6-11-20/h1-6,8-13H,7,14-18H2. The summed E-state index contributed by atoms with van der Waals surface area (Å²) in [4.78, 5) is 41.3. The zero-order valence-corrected chi connectivity index (χ0v) is 17.2. The Labute approximate surface area is 180 Å². The van der Waals surface area contributed by atoms with Crippen molar-refractivity contribution in [2.75, 3.05) is 26.2 Å². The fourth-order valence-corrected chi connectivity index (χ4v) is 3.69. The normalized spacial score (nSPS) is 14.2. The van der Waals surface area contributed by atoms with Crippen LogP contribution in [0.25, 0.3) is 11.3 Å². The van der Waals surface area contributed by atoms with Crippen molar-refractivity contribution in [3.05, 3.63) is 88.7 Å². The summed E-state index contributed by atoms with van der Waals surface area (Å²) in [6, 6.07) is 21.8. The molecule has 0 N–H and O–H groups in total. The first-order valence-electron chi connectivity index (χ1n) is 10.4. The predicted molar refractivity (Wildman–Crippen MR) is 117 cm³/mol. The van der Waals surface area contributed by atoms with E-state index in [-0.39, 0.29) is 23.9 Å². The Kier molecular flexibility index (Phi) is 6.21. The van der Waals surface area contributed by atoms with Gasteiger partial charge in [-0.25, -0.2) is 4.68 Å². The van der Waals surface area contributed by atoms with Crippen LogP contribution in [0.5, 0.6) is 0 Å². The van der Waals surface area contributed by atoms with Crippen LogP contribution in [0.2, 0.25) is 0 Å². The maximum atomic E-state index is 12.9. The van der Waals surface area contributed by atoms with E-state index in [2.05, 4.69) is 5.10 Å². The summed E-state index contributed by atoms with van der Waals surface area (Å²) in [5.41, 5.74) is 1.86. The molecule has 2 heterocycles. The lowest BCUT2D eigenvalue weighted by molar-refractivity contribution is -0.132. The Bertz CT molecular complexity index is 1110. The van der Waals surface area contributed by atoms with E-state index in [4.69, 9.17) is 0 Å². The summed E-state index contributed by atoms with van der Waals surface area (Å²) < 4.78 is 1.21. The monoisotopic (exact) mass is 416 g/mol. The zero-order chi connectivity index (χ0) is 21.6. The number of hydrogen-bond donors (Lipinski definition) is 0. The summed E-state index contributed by atoms with van der Waals surface area (Å²) in [6.07, 6.45) is 0.691. The lowest BCUT2D eigenvalue weighted by Gasteiger charge is -2.22. The Morgan fingerprint density at radius 3 is 2.16 bits per heavy atom. The second-order valence-corrected chi connectivity index (χ2v) is 7.47. The minimum absolute atomic E-state index is 0.0247. The Morgan fingerprint density at radius 2 is 1.42 bits per heavy atom. The molecule has 7 nitrogen and oxygen atoms in total. The molecule has 1 aliphatic heterocycles. The van der Waals surface area contributed by atoms with Gasteiger partial charge in [0.15, 0.2) is 0 Å². The number of amides is 2. The molecule has 7 heteroatoms. The molecule has 1 aromatic heterocycles. The van der Waals surface area contributed by atoms with Crippen LogP contribution in [0.15, 0.2) is 77.6 Å². The van der Waals surface area contributed by atoms with Crippen molar-refractivity contribution in [2.24, 2.45) is 0 Å². The first-order chi connectivity index (χ1) is 15.1. The third-order valence-electron chi connectivity index (χ3n) is 5.38. The topological polar surface area (TPSA) is 75.5 Å². The molecule has 2 aromatic carbocycles. The van der Waals surface area contributed by atoms with Gasteiger partial charge in [-0.05, 0) is 24.6 Å². The fraction of sp³-hybridized carbons (Fsp3) is 0.250. The number of carbonyl (C=O) groups is 2. The lowest BCUT2D eigenvalue weighted by atomic mass is 10.1. The van der Waals surface area contributed by atoms with E-state index in [9.17, 15) is 14.4 Å². The van der Waals surface area contributed by atoms with E-state index in [1.54, 1.807) is 28.0 Å². The van der Waals surface area contributed by atoms with Crippen molar-refractivity contribution in [1.29, 1.82) is 0 Å². The third kappa shape index (κ3) is 4.88. The quantitative estimate of drug-likeness (QED) is 0.654. The average Bonchev–Trinajstić information content (AvgIpc) is 3.08. The van der Waals surface area contributed by atoms with Gasteiger partial charge in [0, 0.05) is 43.4 Å². The molecule has 0 unspecified atom stereocenters. The molecule has 0 spiro atoms. The van der Waals surface area contributed by atoms with Crippen molar-refractivity contribution < 1.29 is 9.59 Å². The summed E-state index contributed by atoms with van der Waals surface area (Å²) in [5.74, 6) is -0.197. The number of nitrogens with zero attached hydrogens (tertiary/aromatic N) is 4. The molecule has 158 valence electrons. The molecule has 0 radical (unpaired) electrons. The predicted octanol–water partition coefficient (Wildman–Crippen LogP) is 2.29. The highest BCUT2D eigenvalue weighted by Gasteiger charge is 2.23. The van der Waals surface area contributed by atoms with E-state index < -0.39 is 0 Å². The SMILES string of the molecule is O=C(Cn1nc(-c2ccccc2)ccc1=O)N1CCCN(C(=O)c2ccccc2)CC1. The Hall–Kier alpha value is -3.74. The van der Waals surface area contributed by atoms with Gasteiger partial charge in [-0.3, -0.25) is 14.4 Å². The third-order valence-corrected chi connectivity index (χ3v) is 5.38. The fourth-order valence-electron chi connectivity index (χ4n) is 3.69. The van der Waals surface area contributed by atoms with Crippen molar-refractivity contribution in [2.45, 2.75) is 13.0 Å². The highest BCUT2D eigenvalue weighted by molar-refractivity contribution is 5.94. The molecule has 0 bridgehead atoms. The summed E-state index contributed by atoms with van der Waals surface area (Å²) in [6.45, 7) is 1.92. The van der Waals surface area contributed by atoms with Crippen LogP contribution in [0, 0.1) is 0 Å². The summed E-state index contributed by atoms with van der Waals surface area (Å²) >= 11 is 0. The van der Waals surface area contributed by atoms with Gasteiger partial charge >= 0.3 is 0 Å². The molecule has 1 fully saturated rings. The molecule has 31 heavy (non-hydrogen) atoms. The van der Waals surface area contributed by atoms with Crippen LogP contribution < -0.4 is 5.56 Å². The molecule has 1 saturated heterocycles. The molecule has 2 amide bonds. The first-order valence-corrected chi connectivity index (χ1v) is 10.4. The van der Waals surface area contributed by atoms with Crippen LogP contribution in [-0.2, 0) is 11.3 Å². The molecule has 0 atom stereocenters. The molecule has 4 rings (SSSR count). The van der Waals surface area contributed by atoms with Gasteiger partial charge < -0.3 is 9.80 Å². The number of rotatable bonds is 4. The molecular formula is C24H24N4O3. The second-order valence-electron chi connectivity index (χ2n) is 7.47. The van der Waals surface area contributed by atoms with E-state index in [1.165, 1.54) is 10.7 Å². The van der Waals surface area contributed by atoms with Crippen LogP contribution >= 0.6 is 0 Å².